The molecule has 1 unspecified atom stereocenters. The van der Waals surface area contributed by atoms with Gasteiger partial charge in [0.15, 0.2) is 0 Å². The number of carboxylic acid groups (broad SMARTS) is 1. The average molecular weight is 385 g/mol. The number of methoxy groups -OCH3 is 1. The molecular formula is C21H23NO4S. The number of carbonyl (C=O) groups excluding carboxylic acids is 1. The van der Waals surface area contributed by atoms with Crippen LogP contribution in [0, 0.1) is 12.3 Å². The highest BCUT2D eigenvalue weighted by atomic mass is 32.2. The van der Waals surface area contributed by atoms with Gasteiger partial charge in [0.05, 0.1) is 12.2 Å². The summed E-state index contributed by atoms with van der Waals surface area (Å²) in [6.45, 7) is 2.68. The molecule has 1 N–H and O–H groups in total. The minimum Gasteiger partial charge on any atom is -0.481 e. The number of nitrogens with zero attached hydrogens (tertiary/aromatic N) is 1. The van der Waals surface area contributed by atoms with Crippen LogP contribution in [0.15, 0.2) is 58.3 Å². The fourth-order valence-electron chi connectivity index (χ4n) is 3.35. The zero-order chi connectivity index (χ0) is 19.4. The molecule has 1 heterocycles. The van der Waals surface area contributed by atoms with E-state index in [1.54, 1.807) is 16.7 Å². The predicted molar refractivity (Wildman–Crippen MR) is 104 cm³/mol. The summed E-state index contributed by atoms with van der Waals surface area (Å²) in [5.74, 6) is -1.05. The maximum atomic E-state index is 13.2. The van der Waals surface area contributed by atoms with Crippen molar-refractivity contribution in [2.24, 2.45) is 5.41 Å². The molecule has 2 aromatic rings. The van der Waals surface area contributed by atoms with Crippen LogP contribution in [0.1, 0.15) is 22.3 Å². The van der Waals surface area contributed by atoms with E-state index in [0.29, 0.717) is 18.5 Å². The van der Waals surface area contributed by atoms with Crippen molar-refractivity contribution in [1.29, 1.82) is 0 Å². The van der Waals surface area contributed by atoms with Crippen molar-refractivity contribution in [1.82, 2.24) is 4.90 Å². The lowest BCUT2D eigenvalue weighted by molar-refractivity contribution is -0.151. The van der Waals surface area contributed by atoms with E-state index in [1.165, 1.54) is 7.11 Å². The summed E-state index contributed by atoms with van der Waals surface area (Å²) in [5.41, 5.74) is 0.653. The average Bonchev–Trinajstić information content (AvgIpc) is 3.08. The summed E-state index contributed by atoms with van der Waals surface area (Å²) in [4.78, 5) is 28.5. The smallest absolute Gasteiger partial charge is 0.313 e. The van der Waals surface area contributed by atoms with E-state index in [0.717, 1.165) is 15.4 Å². The number of carbonyl (C=O) groups is 2. The number of aryl methyl sites for hydroxylation is 1. The Kier molecular flexibility index (Phi) is 5.87. The normalized spacial score (nSPS) is 19.3. The van der Waals surface area contributed by atoms with E-state index in [9.17, 15) is 14.7 Å². The highest BCUT2D eigenvalue weighted by Crippen LogP contribution is 2.35. The van der Waals surface area contributed by atoms with Crippen molar-refractivity contribution in [2.75, 3.05) is 26.8 Å². The van der Waals surface area contributed by atoms with Crippen LogP contribution in [0.2, 0.25) is 0 Å². The van der Waals surface area contributed by atoms with Gasteiger partial charge in [-0.1, -0.05) is 36.0 Å². The maximum Gasteiger partial charge on any atom is 0.313 e. The largest absolute Gasteiger partial charge is 0.481 e. The first-order valence-corrected chi connectivity index (χ1v) is 9.62. The first-order valence-electron chi connectivity index (χ1n) is 8.80. The minimum absolute atomic E-state index is 0.103. The lowest BCUT2D eigenvalue weighted by atomic mass is 9.88. The van der Waals surface area contributed by atoms with Crippen LogP contribution in [0.5, 0.6) is 0 Å². The molecule has 1 aliphatic heterocycles. The van der Waals surface area contributed by atoms with E-state index in [2.05, 4.69) is 0 Å². The van der Waals surface area contributed by atoms with Crippen LogP contribution in [-0.4, -0.2) is 48.7 Å². The predicted octanol–water partition coefficient (Wildman–Crippen LogP) is 3.71. The number of ether oxygens (including phenoxy) is 1. The zero-order valence-corrected chi connectivity index (χ0v) is 16.3. The van der Waals surface area contributed by atoms with Gasteiger partial charge in [-0.15, -0.1) is 0 Å². The molecule has 1 amide bonds. The van der Waals surface area contributed by atoms with Gasteiger partial charge in [-0.05, 0) is 43.2 Å². The first kappa shape index (κ1) is 19.5. The number of carboxylic acids is 1. The molecule has 0 bridgehead atoms. The summed E-state index contributed by atoms with van der Waals surface area (Å²) in [6, 6.07) is 15.6. The lowest BCUT2D eigenvalue weighted by Gasteiger charge is -2.24. The Labute approximate surface area is 163 Å². The van der Waals surface area contributed by atoms with Gasteiger partial charge in [0.1, 0.15) is 5.41 Å². The van der Waals surface area contributed by atoms with Crippen molar-refractivity contribution in [3.63, 3.8) is 0 Å². The summed E-state index contributed by atoms with van der Waals surface area (Å²) >= 11 is 1.54. The minimum atomic E-state index is -1.03. The molecule has 6 heteroatoms. The van der Waals surface area contributed by atoms with Gasteiger partial charge in [0, 0.05) is 30.0 Å². The van der Waals surface area contributed by atoms with Gasteiger partial charge in [-0.3, -0.25) is 9.59 Å². The molecule has 0 radical (unpaired) electrons. The number of rotatable bonds is 6. The van der Waals surface area contributed by atoms with Crippen LogP contribution in [0.4, 0.5) is 0 Å². The van der Waals surface area contributed by atoms with Gasteiger partial charge in [-0.25, -0.2) is 0 Å². The van der Waals surface area contributed by atoms with Crippen molar-refractivity contribution in [3.05, 3.63) is 59.7 Å². The van der Waals surface area contributed by atoms with Gasteiger partial charge >= 0.3 is 5.97 Å². The fraction of sp³-hybridized carbons (Fsp3) is 0.333. The van der Waals surface area contributed by atoms with E-state index >= 15 is 0 Å². The Morgan fingerprint density at radius 2 is 1.96 bits per heavy atom. The zero-order valence-electron chi connectivity index (χ0n) is 15.5. The molecule has 2 aromatic carbocycles. The Balaban J connectivity index is 1.86. The van der Waals surface area contributed by atoms with Crippen LogP contribution in [0.3, 0.4) is 0 Å². The third-order valence-corrected chi connectivity index (χ3v) is 5.92. The molecule has 0 aliphatic carbocycles. The highest BCUT2D eigenvalue weighted by Gasteiger charge is 2.46. The molecule has 0 saturated carbocycles. The number of hydrogen-bond donors (Lipinski definition) is 1. The molecule has 1 aliphatic rings. The van der Waals surface area contributed by atoms with Crippen LogP contribution >= 0.6 is 11.8 Å². The lowest BCUT2D eigenvalue weighted by Crippen LogP contribution is -2.40. The fourth-order valence-corrected chi connectivity index (χ4v) is 4.41. The van der Waals surface area contributed by atoms with Crippen molar-refractivity contribution in [2.45, 2.75) is 23.1 Å². The number of likely N-dealkylation sites (tertiary alicyclic amines) is 1. The van der Waals surface area contributed by atoms with Gasteiger partial charge < -0.3 is 14.7 Å². The number of amides is 1. The molecule has 1 atom stereocenters. The maximum absolute atomic E-state index is 13.2. The van der Waals surface area contributed by atoms with E-state index in [1.807, 2.05) is 55.5 Å². The van der Waals surface area contributed by atoms with Gasteiger partial charge in [0.2, 0.25) is 0 Å². The Bertz CT molecular complexity index is 839. The topological polar surface area (TPSA) is 66.8 Å². The Morgan fingerprint density at radius 3 is 2.63 bits per heavy atom. The molecule has 3 rings (SSSR count). The molecule has 0 spiro atoms. The van der Waals surface area contributed by atoms with Crippen LogP contribution in [-0.2, 0) is 9.53 Å². The third-order valence-electron chi connectivity index (χ3n) is 4.85. The summed E-state index contributed by atoms with van der Waals surface area (Å²) < 4.78 is 5.12. The summed E-state index contributed by atoms with van der Waals surface area (Å²) in [7, 11) is 1.49. The van der Waals surface area contributed by atoms with Crippen LogP contribution < -0.4 is 0 Å². The SMILES string of the molecule is COCC1(C(=O)O)CCN(C(=O)c2ccc(C)cc2Sc2ccccc2)C1. The quantitative estimate of drug-likeness (QED) is 0.821. The second-order valence-electron chi connectivity index (χ2n) is 6.91. The van der Waals surface area contributed by atoms with E-state index < -0.39 is 11.4 Å². The second kappa shape index (κ2) is 8.15. The molecule has 0 aromatic heterocycles. The highest BCUT2D eigenvalue weighted by molar-refractivity contribution is 7.99. The van der Waals surface area contributed by atoms with Gasteiger partial charge in [-0.2, -0.15) is 0 Å². The molecule has 27 heavy (non-hydrogen) atoms. The van der Waals surface area contributed by atoms with Gasteiger partial charge in [0.25, 0.3) is 5.91 Å². The van der Waals surface area contributed by atoms with Crippen molar-refractivity contribution < 1.29 is 19.4 Å². The molecule has 1 saturated heterocycles. The Hall–Kier alpha value is -2.31. The monoisotopic (exact) mass is 385 g/mol. The molecule has 1 fully saturated rings. The van der Waals surface area contributed by atoms with Crippen molar-refractivity contribution in [3.8, 4) is 0 Å². The standard InChI is InChI=1S/C21H23NO4S/c1-15-8-9-17(18(12-15)27-16-6-4-3-5-7-16)19(23)22-11-10-21(13-22,14-26-2)20(24)25/h3-9,12H,10-11,13-14H2,1-2H3,(H,24,25). The summed E-state index contributed by atoms with van der Waals surface area (Å²) in [6.07, 6.45) is 0.398. The number of aliphatic carboxylic acids is 1. The van der Waals surface area contributed by atoms with Crippen LogP contribution in [0.25, 0.3) is 0 Å². The molecular weight excluding hydrogens is 362 g/mol. The van der Waals surface area contributed by atoms with Crippen molar-refractivity contribution >= 4 is 23.6 Å². The molecule has 5 nitrogen and oxygen atoms in total. The Morgan fingerprint density at radius 1 is 1.22 bits per heavy atom. The number of benzene rings is 2. The van der Waals surface area contributed by atoms with E-state index in [-0.39, 0.29) is 19.1 Å². The van der Waals surface area contributed by atoms with E-state index in [4.69, 9.17) is 4.74 Å². The second-order valence-corrected chi connectivity index (χ2v) is 8.03. The molecule has 142 valence electrons. The summed E-state index contributed by atoms with van der Waals surface area (Å²) in [5, 5.41) is 9.63. The first-order chi connectivity index (χ1) is 12.9. The third kappa shape index (κ3) is 4.17. The number of hydrogen-bond acceptors (Lipinski definition) is 4.